The number of benzene rings is 3. The Morgan fingerprint density at radius 3 is 2.16 bits per heavy atom. The molecule has 232 valence electrons. The summed E-state index contributed by atoms with van der Waals surface area (Å²) in [7, 11) is 0. The number of phenols is 4. The zero-order valence-corrected chi connectivity index (χ0v) is 23.2. The molecule has 0 aliphatic heterocycles. The van der Waals surface area contributed by atoms with Crippen LogP contribution >= 0.6 is 0 Å². The predicted octanol–water partition coefficient (Wildman–Crippen LogP) is 2.57. The molecule has 0 amide bonds. The van der Waals surface area contributed by atoms with E-state index in [1.807, 2.05) is 0 Å². The van der Waals surface area contributed by atoms with Crippen LogP contribution in [0.3, 0.4) is 0 Å². The molecular weight excluding hydrogens is 580 g/mol. The van der Waals surface area contributed by atoms with E-state index in [0.717, 1.165) is 18.2 Å². The summed E-state index contributed by atoms with van der Waals surface area (Å²) < 4.78 is 10.8. The fourth-order valence-electron chi connectivity index (χ4n) is 4.08. The number of fused-ring (bicyclic) bond motifs is 1. The van der Waals surface area contributed by atoms with Crippen molar-refractivity contribution in [3.8, 4) is 40.1 Å². The Morgan fingerprint density at radius 2 is 1.50 bits per heavy atom. The number of hydrogen-bond acceptors (Lipinski definition) is 13. The van der Waals surface area contributed by atoms with E-state index in [4.69, 9.17) is 18.9 Å². The quantitative estimate of drug-likeness (QED) is 0.0532. The van der Waals surface area contributed by atoms with Gasteiger partial charge in [0.1, 0.15) is 52.8 Å². The standard InChI is InChI=1S/C31H30O13/c1-16(14-41-25(37)11-4-17-2-7-19(32)8-3-17)27(38)28(39)23(36)15-42-44-31-29(40)26-22(35)12-21(34)13-24(26)43-30(31)18-5-9-20(33)10-6-18/h2-13,16,23,27-28,32-36,38-39H,14-15H2,1H3/b11-4+/t16?,23-,27-,28?/m1/s1. The van der Waals surface area contributed by atoms with Gasteiger partial charge >= 0.3 is 5.97 Å². The molecule has 44 heavy (non-hydrogen) atoms. The maximum atomic E-state index is 13.2. The SMILES string of the molecule is CC(COC(=O)/C=C/c1ccc(O)cc1)[C@@H](O)C(O)[C@H](O)COOc1c(-c2ccc(O)cc2)oc2cc(O)cc(O)c2c1=O. The number of carbonyl (C=O) groups is 1. The van der Waals surface area contributed by atoms with Crippen LogP contribution in [0.25, 0.3) is 28.4 Å². The first kappa shape index (κ1) is 31.8. The van der Waals surface area contributed by atoms with Crippen LogP contribution in [0.5, 0.6) is 28.7 Å². The van der Waals surface area contributed by atoms with E-state index in [-0.39, 0.29) is 46.1 Å². The van der Waals surface area contributed by atoms with Gasteiger partial charge < -0.3 is 49.8 Å². The maximum absolute atomic E-state index is 13.2. The highest BCUT2D eigenvalue weighted by molar-refractivity contribution is 5.88. The number of ether oxygens (including phenoxy) is 1. The average molecular weight is 611 g/mol. The summed E-state index contributed by atoms with van der Waals surface area (Å²) in [6.07, 6.45) is -2.46. The molecule has 7 N–H and O–H groups in total. The molecule has 1 aromatic heterocycles. The zero-order valence-electron chi connectivity index (χ0n) is 23.2. The highest BCUT2D eigenvalue weighted by Gasteiger charge is 2.31. The number of carbonyl (C=O) groups excluding carboxylic acids is 1. The van der Waals surface area contributed by atoms with Crippen molar-refractivity contribution in [1.82, 2.24) is 0 Å². The molecule has 4 rings (SSSR count). The summed E-state index contributed by atoms with van der Waals surface area (Å²) in [6, 6.07) is 13.6. The normalized spacial score (nSPS) is 14.3. The van der Waals surface area contributed by atoms with Crippen LogP contribution in [0, 0.1) is 5.92 Å². The number of aliphatic hydroxyl groups is 3. The molecule has 0 saturated carbocycles. The Morgan fingerprint density at radius 1 is 0.864 bits per heavy atom. The summed E-state index contributed by atoms with van der Waals surface area (Å²) in [4.78, 5) is 35.4. The summed E-state index contributed by atoms with van der Waals surface area (Å²) >= 11 is 0. The first-order valence-electron chi connectivity index (χ1n) is 13.2. The predicted molar refractivity (Wildman–Crippen MR) is 155 cm³/mol. The van der Waals surface area contributed by atoms with E-state index < -0.39 is 53.7 Å². The molecule has 13 heteroatoms. The van der Waals surface area contributed by atoms with Crippen molar-refractivity contribution in [3.05, 3.63) is 82.5 Å². The van der Waals surface area contributed by atoms with Crippen LogP contribution in [-0.2, 0) is 14.4 Å². The number of esters is 1. The van der Waals surface area contributed by atoms with Gasteiger partial charge in [-0.3, -0.25) is 4.79 Å². The van der Waals surface area contributed by atoms with Crippen molar-refractivity contribution in [2.75, 3.05) is 13.2 Å². The molecule has 4 atom stereocenters. The molecule has 0 bridgehead atoms. The van der Waals surface area contributed by atoms with Gasteiger partial charge in [-0.05, 0) is 48.0 Å². The van der Waals surface area contributed by atoms with Crippen molar-refractivity contribution in [2.24, 2.45) is 5.92 Å². The van der Waals surface area contributed by atoms with Crippen molar-refractivity contribution < 1.29 is 59.5 Å². The van der Waals surface area contributed by atoms with E-state index in [2.05, 4.69) is 0 Å². The summed E-state index contributed by atoms with van der Waals surface area (Å²) in [6.45, 7) is 0.436. The van der Waals surface area contributed by atoms with Gasteiger partial charge in [-0.2, -0.15) is 4.89 Å². The smallest absolute Gasteiger partial charge is 0.330 e. The van der Waals surface area contributed by atoms with E-state index in [1.165, 1.54) is 49.4 Å². The van der Waals surface area contributed by atoms with Crippen LogP contribution in [0.15, 0.2) is 76.0 Å². The Bertz CT molecular complexity index is 1680. The molecule has 0 aliphatic rings. The topological polar surface area (TPSA) is 217 Å². The van der Waals surface area contributed by atoms with Crippen LogP contribution < -0.4 is 10.3 Å². The van der Waals surface area contributed by atoms with Crippen LogP contribution in [0.2, 0.25) is 0 Å². The largest absolute Gasteiger partial charge is 0.508 e. The third-order valence-electron chi connectivity index (χ3n) is 6.55. The molecule has 4 aromatic rings. The van der Waals surface area contributed by atoms with Gasteiger partial charge in [-0.1, -0.05) is 19.1 Å². The van der Waals surface area contributed by atoms with Crippen LogP contribution in [0.4, 0.5) is 0 Å². The van der Waals surface area contributed by atoms with Gasteiger partial charge in [0.2, 0.25) is 5.43 Å². The van der Waals surface area contributed by atoms with E-state index in [9.17, 15) is 45.3 Å². The number of rotatable bonds is 12. The van der Waals surface area contributed by atoms with Crippen molar-refractivity contribution in [2.45, 2.75) is 25.2 Å². The fraction of sp³-hybridized carbons (Fsp3) is 0.226. The molecule has 0 saturated heterocycles. The monoisotopic (exact) mass is 610 g/mol. The van der Waals surface area contributed by atoms with Crippen LogP contribution in [0.1, 0.15) is 12.5 Å². The fourth-order valence-corrected chi connectivity index (χ4v) is 4.08. The lowest BCUT2D eigenvalue weighted by molar-refractivity contribution is -0.237. The minimum Gasteiger partial charge on any atom is -0.508 e. The number of aliphatic hydroxyl groups excluding tert-OH is 3. The average Bonchev–Trinajstić information content (AvgIpc) is 2.99. The second kappa shape index (κ2) is 13.9. The number of hydrogen-bond donors (Lipinski definition) is 7. The minimum atomic E-state index is -1.78. The molecule has 0 spiro atoms. The lowest BCUT2D eigenvalue weighted by Crippen LogP contribution is -2.44. The Balaban J connectivity index is 1.39. The zero-order chi connectivity index (χ0) is 32.0. The molecule has 3 aromatic carbocycles. The molecule has 2 unspecified atom stereocenters. The van der Waals surface area contributed by atoms with Crippen molar-refractivity contribution in [1.29, 1.82) is 0 Å². The molecule has 0 radical (unpaired) electrons. The lowest BCUT2D eigenvalue weighted by atomic mass is 9.97. The molecule has 1 heterocycles. The second-order valence-electron chi connectivity index (χ2n) is 9.92. The van der Waals surface area contributed by atoms with E-state index >= 15 is 0 Å². The summed E-state index contributed by atoms with van der Waals surface area (Å²) in [5, 5.41) is 70.0. The molecule has 0 fully saturated rings. The van der Waals surface area contributed by atoms with Crippen molar-refractivity contribution >= 4 is 23.0 Å². The second-order valence-corrected chi connectivity index (χ2v) is 9.92. The highest BCUT2D eigenvalue weighted by atomic mass is 17.2. The Hall–Kier alpha value is -5.08. The van der Waals surface area contributed by atoms with Gasteiger partial charge in [0.05, 0.1) is 12.7 Å². The third kappa shape index (κ3) is 7.65. The number of phenolic OH excluding ortho intramolecular Hbond substituents is 4. The Kier molecular flexibility index (Phi) is 10.1. The van der Waals surface area contributed by atoms with Crippen LogP contribution in [-0.4, -0.2) is 73.2 Å². The first-order chi connectivity index (χ1) is 20.9. The highest BCUT2D eigenvalue weighted by Crippen LogP contribution is 2.36. The Labute approximate surface area is 249 Å². The van der Waals surface area contributed by atoms with Crippen molar-refractivity contribution in [3.63, 3.8) is 0 Å². The molecular formula is C31H30O13. The summed E-state index contributed by atoms with van der Waals surface area (Å²) in [5.74, 6) is -3.25. The lowest BCUT2D eigenvalue weighted by Gasteiger charge is -2.26. The van der Waals surface area contributed by atoms with Gasteiger partial charge in [0.15, 0.2) is 5.76 Å². The van der Waals surface area contributed by atoms with E-state index in [0.29, 0.717) is 5.56 Å². The van der Waals surface area contributed by atoms with Gasteiger partial charge in [0, 0.05) is 29.7 Å². The maximum Gasteiger partial charge on any atom is 0.330 e. The van der Waals surface area contributed by atoms with Gasteiger partial charge in [0.25, 0.3) is 5.75 Å². The first-order valence-corrected chi connectivity index (χ1v) is 13.2. The molecule has 0 aliphatic carbocycles. The molecule has 13 nitrogen and oxygen atoms in total. The van der Waals surface area contributed by atoms with Gasteiger partial charge in [-0.15, -0.1) is 0 Å². The third-order valence-corrected chi connectivity index (χ3v) is 6.55. The van der Waals surface area contributed by atoms with E-state index in [1.54, 1.807) is 12.1 Å². The number of aromatic hydroxyl groups is 4. The summed E-state index contributed by atoms with van der Waals surface area (Å²) in [5.41, 5.74) is -0.175. The van der Waals surface area contributed by atoms with Gasteiger partial charge in [-0.25, -0.2) is 4.79 Å². The minimum absolute atomic E-state index is 0.0731.